The molecule has 0 atom stereocenters. The van der Waals surface area contributed by atoms with E-state index in [1.54, 1.807) is 6.92 Å². The quantitative estimate of drug-likeness (QED) is 0.504. The number of hydrogen-bond donors (Lipinski definition) is 2. The average molecular weight is 297 g/mol. The summed E-state index contributed by atoms with van der Waals surface area (Å²) in [6.45, 7) is 1.61. The number of nitrogen functional groups attached to an aromatic ring is 1. The number of halogens is 2. The third-order valence-electron chi connectivity index (χ3n) is 2.37. The number of benzene rings is 1. The Labute approximate surface area is 116 Å². The number of nitro groups is 1. The SMILES string of the molecule is Cc1cc(Oc2cc(F)c([N+](=O)[O-])cc2F)nc(NN)n1. The third-order valence-corrected chi connectivity index (χ3v) is 2.37. The molecule has 0 spiro atoms. The minimum atomic E-state index is -1.22. The second kappa shape index (κ2) is 5.63. The van der Waals surface area contributed by atoms with Crippen molar-refractivity contribution in [1.82, 2.24) is 9.97 Å². The number of nitrogens with two attached hydrogens (primary N) is 1. The van der Waals surface area contributed by atoms with Crippen molar-refractivity contribution in [2.24, 2.45) is 5.84 Å². The molecule has 0 saturated carbocycles. The highest BCUT2D eigenvalue weighted by Gasteiger charge is 2.20. The molecule has 10 heteroatoms. The van der Waals surface area contributed by atoms with Gasteiger partial charge in [0.1, 0.15) is 0 Å². The van der Waals surface area contributed by atoms with Gasteiger partial charge in [0.15, 0.2) is 11.6 Å². The van der Waals surface area contributed by atoms with Crippen LogP contribution in [-0.2, 0) is 0 Å². The number of nitrogens with zero attached hydrogens (tertiary/aromatic N) is 3. The molecule has 8 nitrogen and oxygen atoms in total. The van der Waals surface area contributed by atoms with Crippen LogP contribution in [0.25, 0.3) is 0 Å². The summed E-state index contributed by atoms with van der Waals surface area (Å²) < 4.78 is 32.2. The van der Waals surface area contributed by atoms with Crippen LogP contribution in [0.3, 0.4) is 0 Å². The summed E-state index contributed by atoms with van der Waals surface area (Å²) in [4.78, 5) is 17.1. The van der Waals surface area contributed by atoms with E-state index in [9.17, 15) is 18.9 Å². The number of hydrazine groups is 1. The number of anilines is 1. The van der Waals surface area contributed by atoms with Crippen LogP contribution in [0.5, 0.6) is 11.6 Å². The van der Waals surface area contributed by atoms with E-state index in [0.29, 0.717) is 17.8 Å². The Morgan fingerprint density at radius 3 is 2.62 bits per heavy atom. The molecule has 0 unspecified atom stereocenters. The van der Waals surface area contributed by atoms with E-state index in [2.05, 4.69) is 15.4 Å². The van der Waals surface area contributed by atoms with Gasteiger partial charge in [0.2, 0.25) is 17.6 Å². The number of nitrogens with one attached hydrogen (secondary N) is 1. The lowest BCUT2D eigenvalue weighted by Crippen LogP contribution is -2.11. The summed E-state index contributed by atoms with van der Waals surface area (Å²) in [7, 11) is 0. The number of ether oxygens (including phenoxy) is 1. The maximum absolute atomic E-state index is 13.7. The first-order valence-electron chi connectivity index (χ1n) is 5.54. The van der Waals surface area contributed by atoms with Crippen LogP contribution in [0.4, 0.5) is 20.4 Å². The van der Waals surface area contributed by atoms with Gasteiger partial charge in [-0.25, -0.2) is 15.2 Å². The lowest BCUT2D eigenvalue weighted by Gasteiger charge is -2.08. The molecule has 21 heavy (non-hydrogen) atoms. The molecule has 2 rings (SSSR count). The summed E-state index contributed by atoms with van der Waals surface area (Å²) in [6, 6.07) is 2.36. The number of aryl methyl sites for hydroxylation is 1. The van der Waals surface area contributed by atoms with E-state index < -0.39 is 28.0 Å². The lowest BCUT2D eigenvalue weighted by molar-refractivity contribution is -0.387. The Morgan fingerprint density at radius 2 is 2.00 bits per heavy atom. The van der Waals surface area contributed by atoms with Crippen molar-refractivity contribution in [3.05, 3.63) is 45.6 Å². The van der Waals surface area contributed by atoms with Crippen molar-refractivity contribution in [3.63, 3.8) is 0 Å². The van der Waals surface area contributed by atoms with E-state index in [1.807, 2.05) is 0 Å². The predicted molar refractivity (Wildman–Crippen MR) is 67.7 cm³/mol. The van der Waals surface area contributed by atoms with Crippen molar-refractivity contribution < 1.29 is 18.4 Å². The Morgan fingerprint density at radius 1 is 1.29 bits per heavy atom. The fraction of sp³-hybridized carbons (Fsp3) is 0.0909. The summed E-state index contributed by atoms with van der Waals surface area (Å²) in [5.74, 6) is 2.21. The fourth-order valence-electron chi connectivity index (χ4n) is 1.51. The van der Waals surface area contributed by atoms with Gasteiger partial charge in [-0.3, -0.25) is 15.5 Å². The molecule has 0 fully saturated rings. The van der Waals surface area contributed by atoms with Crippen LogP contribution in [0, 0.1) is 28.7 Å². The minimum Gasteiger partial charge on any atom is -0.436 e. The molecule has 0 aliphatic carbocycles. The zero-order chi connectivity index (χ0) is 15.6. The highest BCUT2D eigenvalue weighted by atomic mass is 19.1. The summed E-state index contributed by atoms with van der Waals surface area (Å²) in [5, 5.41) is 10.5. The molecule has 1 aromatic heterocycles. The van der Waals surface area contributed by atoms with Gasteiger partial charge in [-0.1, -0.05) is 0 Å². The Bertz CT molecular complexity index is 710. The van der Waals surface area contributed by atoms with Crippen molar-refractivity contribution in [1.29, 1.82) is 0 Å². The van der Waals surface area contributed by atoms with Crippen LogP contribution < -0.4 is 16.0 Å². The highest BCUT2D eigenvalue weighted by molar-refractivity contribution is 5.41. The van der Waals surface area contributed by atoms with Gasteiger partial charge >= 0.3 is 5.69 Å². The van der Waals surface area contributed by atoms with Crippen molar-refractivity contribution >= 4 is 11.6 Å². The first-order valence-corrected chi connectivity index (χ1v) is 5.54. The molecule has 0 aliphatic heterocycles. The van der Waals surface area contributed by atoms with E-state index in [0.717, 1.165) is 0 Å². The molecule has 0 bridgehead atoms. The van der Waals surface area contributed by atoms with Crippen LogP contribution in [0.15, 0.2) is 18.2 Å². The number of nitro benzene ring substituents is 1. The first-order chi connectivity index (χ1) is 9.90. The van der Waals surface area contributed by atoms with Gasteiger partial charge in [0, 0.05) is 17.8 Å². The van der Waals surface area contributed by atoms with Crippen LogP contribution in [0.2, 0.25) is 0 Å². The van der Waals surface area contributed by atoms with E-state index in [4.69, 9.17) is 10.6 Å². The maximum atomic E-state index is 13.7. The molecule has 0 saturated heterocycles. The van der Waals surface area contributed by atoms with Gasteiger partial charge < -0.3 is 4.74 Å². The van der Waals surface area contributed by atoms with Crippen molar-refractivity contribution in [3.8, 4) is 11.6 Å². The molecule has 2 aromatic rings. The smallest absolute Gasteiger partial charge is 0.307 e. The second-order valence-corrected chi connectivity index (χ2v) is 3.91. The third kappa shape index (κ3) is 3.17. The zero-order valence-electron chi connectivity index (χ0n) is 10.6. The number of rotatable bonds is 4. The Balaban J connectivity index is 2.38. The molecule has 110 valence electrons. The largest absolute Gasteiger partial charge is 0.436 e. The monoisotopic (exact) mass is 297 g/mol. The Kier molecular flexibility index (Phi) is 3.89. The van der Waals surface area contributed by atoms with Crippen LogP contribution >= 0.6 is 0 Å². The first kappa shape index (κ1) is 14.5. The van der Waals surface area contributed by atoms with Gasteiger partial charge in [0.05, 0.1) is 11.0 Å². The molecular weight excluding hydrogens is 288 g/mol. The zero-order valence-corrected chi connectivity index (χ0v) is 10.6. The minimum absolute atomic E-state index is 0.0211. The number of hydrogen-bond acceptors (Lipinski definition) is 7. The average Bonchev–Trinajstić information content (AvgIpc) is 2.41. The molecule has 0 aliphatic rings. The van der Waals surface area contributed by atoms with E-state index in [-0.39, 0.29) is 11.8 Å². The van der Waals surface area contributed by atoms with Gasteiger partial charge in [0.25, 0.3) is 0 Å². The summed E-state index contributed by atoms with van der Waals surface area (Å²) >= 11 is 0. The second-order valence-electron chi connectivity index (χ2n) is 3.91. The molecular formula is C11H9F2N5O3. The molecule has 3 N–H and O–H groups in total. The summed E-state index contributed by atoms with van der Waals surface area (Å²) in [6.07, 6.45) is 0. The molecule has 1 heterocycles. The Hall–Kier alpha value is -2.88. The van der Waals surface area contributed by atoms with Gasteiger partial charge in [-0.2, -0.15) is 9.37 Å². The topological polar surface area (TPSA) is 116 Å². The van der Waals surface area contributed by atoms with Gasteiger partial charge in [-0.15, -0.1) is 0 Å². The van der Waals surface area contributed by atoms with Crippen LogP contribution in [0.1, 0.15) is 5.69 Å². The molecule has 0 amide bonds. The number of aromatic nitrogens is 2. The molecule has 0 radical (unpaired) electrons. The lowest BCUT2D eigenvalue weighted by atomic mass is 10.3. The van der Waals surface area contributed by atoms with E-state index in [1.165, 1.54) is 6.07 Å². The molecule has 1 aromatic carbocycles. The van der Waals surface area contributed by atoms with Gasteiger partial charge in [-0.05, 0) is 6.92 Å². The van der Waals surface area contributed by atoms with Crippen molar-refractivity contribution in [2.75, 3.05) is 5.43 Å². The normalized spacial score (nSPS) is 10.3. The van der Waals surface area contributed by atoms with Crippen LogP contribution in [-0.4, -0.2) is 14.9 Å². The van der Waals surface area contributed by atoms with Crippen molar-refractivity contribution in [2.45, 2.75) is 6.92 Å². The summed E-state index contributed by atoms with van der Waals surface area (Å²) in [5.41, 5.74) is 1.67. The predicted octanol–water partition coefficient (Wildman–Crippen LogP) is 2.05. The highest BCUT2D eigenvalue weighted by Crippen LogP contribution is 2.29. The standard InChI is InChI=1S/C11H9F2N5O3/c1-5-2-10(16-11(15-5)17-14)21-9-4-6(12)8(18(19)20)3-7(9)13/h2-4H,14H2,1H3,(H,15,16,17). The van der Waals surface area contributed by atoms with E-state index >= 15 is 0 Å². The maximum Gasteiger partial charge on any atom is 0.307 e. The fourth-order valence-corrected chi connectivity index (χ4v) is 1.51.